The van der Waals surface area contributed by atoms with Crippen molar-refractivity contribution in [3.8, 4) is 0 Å². The van der Waals surface area contributed by atoms with Crippen molar-refractivity contribution in [3.05, 3.63) is 34.6 Å². The van der Waals surface area contributed by atoms with Gasteiger partial charge >= 0.3 is 0 Å². The van der Waals surface area contributed by atoms with Crippen LogP contribution in [-0.4, -0.2) is 60.1 Å². The second kappa shape index (κ2) is 7.27. The van der Waals surface area contributed by atoms with Gasteiger partial charge in [0.25, 0.3) is 5.91 Å². The fourth-order valence-corrected chi connectivity index (χ4v) is 3.34. The van der Waals surface area contributed by atoms with Crippen molar-refractivity contribution in [1.29, 1.82) is 0 Å². The minimum atomic E-state index is -0.766. The second-order valence-corrected chi connectivity index (χ2v) is 6.72. The molecule has 2 heterocycles. The number of aliphatic hydroxyl groups is 1. The van der Waals surface area contributed by atoms with Crippen LogP contribution in [0.3, 0.4) is 0 Å². The number of halogens is 2. The standard InChI is InChI=1S/C17H20ClFN2O4/c1-24-17(10-22)5-7-21(8-6-17)16(23)14-9-13(20-25-14)11-3-2-4-12(18)15(11)19/h2-4,14,22H,5-10H2,1H3. The van der Waals surface area contributed by atoms with E-state index in [1.54, 1.807) is 24.1 Å². The number of methoxy groups -OCH3 is 1. The predicted molar refractivity (Wildman–Crippen MR) is 90.1 cm³/mol. The Bertz CT molecular complexity index is 683. The minimum absolute atomic E-state index is 0.00548. The number of piperidine rings is 1. The Morgan fingerprint density at radius 1 is 1.52 bits per heavy atom. The summed E-state index contributed by atoms with van der Waals surface area (Å²) in [7, 11) is 1.56. The number of hydrogen-bond acceptors (Lipinski definition) is 5. The van der Waals surface area contributed by atoms with Crippen molar-refractivity contribution in [2.75, 3.05) is 26.8 Å². The SMILES string of the molecule is COC1(CO)CCN(C(=O)C2CC(c3cccc(Cl)c3F)=NO2)CC1. The predicted octanol–water partition coefficient (Wildman–Crippen LogP) is 1.97. The number of rotatable bonds is 4. The molecule has 0 aromatic heterocycles. The molecule has 2 aliphatic heterocycles. The second-order valence-electron chi connectivity index (χ2n) is 6.31. The number of likely N-dealkylation sites (tertiary alicyclic amines) is 1. The highest BCUT2D eigenvalue weighted by molar-refractivity contribution is 6.31. The number of nitrogens with zero attached hydrogens (tertiary/aromatic N) is 2. The molecule has 6 nitrogen and oxygen atoms in total. The fraction of sp³-hybridized carbons (Fsp3) is 0.529. The zero-order valence-electron chi connectivity index (χ0n) is 13.9. The van der Waals surface area contributed by atoms with Crippen LogP contribution in [0.25, 0.3) is 0 Å². The van der Waals surface area contributed by atoms with Crippen LogP contribution in [0.5, 0.6) is 0 Å². The zero-order valence-corrected chi connectivity index (χ0v) is 14.6. The molecule has 8 heteroatoms. The van der Waals surface area contributed by atoms with Crippen LogP contribution >= 0.6 is 11.6 Å². The number of hydrogen-bond donors (Lipinski definition) is 1. The number of ether oxygens (including phenoxy) is 1. The Labute approximate surface area is 150 Å². The highest BCUT2D eigenvalue weighted by Gasteiger charge is 2.39. The van der Waals surface area contributed by atoms with Gasteiger partial charge in [0.2, 0.25) is 6.10 Å². The van der Waals surface area contributed by atoms with Crippen LogP contribution in [0.1, 0.15) is 24.8 Å². The number of carbonyl (C=O) groups is 1. The summed E-state index contributed by atoms with van der Waals surface area (Å²) in [5.41, 5.74) is 0.0379. The van der Waals surface area contributed by atoms with Gasteiger partial charge in [-0.25, -0.2) is 4.39 Å². The van der Waals surface area contributed by atoms with Gasteiger partial charge in [0, 0.05) is 32.2 Å². The lowest BCUT2D eigenvalue weighted by Gasteiger charge is -2.40. The van der Waals surface area contributed by atoms with Crippen molar-refractivity contribution < 1.29 is 23.9 Å². The van der Waals surface area contributed by atoms with Gasteiger partial charge in [-0.3, -0.25) is 4.79 Å². The first-order valence-electron chi connectivity index (χ1n) is 8.11. The fourth-order valence-electron chi connectivity index (χ4n) is 3.16. The third-order valence-corrected chi connectivity index (χ3v) is 5.21. The van der Waals surface area contributed by atoms with Crippen LogP contribution < -0.4 is 0 Å². The maximum atomic E-state index is 14.1. The molecule has 0 spiro atoms. The smallest absolute Gasteiger partial charge is 0.266 e. The third kappa shape index (κ3) is 3.49. The maximum absolute atomic E-state index is 14.1. The van der Waals surface area contributed by atoms with Gasteiger partial charge in [0.15, 0.2) is 5.82 Å². The zero-order chi connectivity index (χ0) is 18.0. The van der Waals surface area contributed by atoms with Gasteiger partial charge in [-0.1, -0.05) is 22.8 Å². The van der Waals surface area contributed by atoms with Gasteiger partial charge in [0.1, 0.15) is 0 Å². The van der Waals surface area contributed by atoms with Gasteiger partial charge in [-0.05, 0) is 25.0 Å². The highest BCUT2D eigenvalue weighted by atomic mass is 35.5. The normalized spacial score (nSPS) is 22.5. The Morgan fingerprint density at radius 2 is 2.24 bits per heavy atom. The Hall–Kier alpha value is -1.70. The van der Waals surface area contributed by atoms with Gasteiger partial charge in [-0.2, -0.15) is 0 Å². The van der Waals surface area contributed by atoms with E-state index in [2.05, 4.69) is 5.16 Å². The van der Waals surface area contributed by atoms with Crippen molar-refractivity contribution in [2.24, 2.45) is 5.16 Å². The van der Waals surface area contributed by atoms with E-state index in [9.17, 15) is 14.3 Å². The van der Waals surface area contributed by atoms with E-state index in [0.29, 0.717) is 31.6 Å². The summed E-state index contributed by atoms with van der Waals surface area (Å²) in [5, 5.41) is 13.3. The van der Waals surface area contributed by atoms with Crippen LogP contribution in [-0.2, 0) is 14.4 Å². The number of aliphatic hydroxyl groups excluding tert-OH is 1. The Kier molecular flexibility index (Phi) is 5.27. The summed E-state index contributed by atoms with van der Waals surface area (Å²) >= 11 is 5.79. The van der Waals surface area contributed by atoms with E-state index < -0.39 is 17.5 Å². The molecule has 1 atom stereocenters. The number of amides is 1. The summed E-state index contributed by atoms with van der Waals surface area (Å²) in [6.07, 6.45) is 0.532. The quantitative estimate of drug-likeness (QED) is 0.879. The Morgan fingerprint density at radius 3 is 2.88 bits per heavy atom. The molecule has 25 heavy (non-hydrogen) atoms. The number of carbonyl (C=O) groups excluding carboxylic acids is 1. The summed E-state index contributed by atoms with van der Waals surface area (Å²) in [6.45, 7) is 0.856. The molecule has 3 rings (SSSR count). The third-order valence-electron chi connectivity index (χ3n) is 4.91. The van der Waals surface area contributed by atoms with E-state index in [1.165, 1.54) is 6.07 Å². The van der Waals surface area contributed by atoms with E-state index in [0.717, 1.165) is 0 Å². The highest BCUT2D eigenvalue weighted by Crippen LogP contribution is 2.28. The molecule has 1 fully saturated rings. The van der Waals surface area contributed by atoms with E-state index in [4.69, 9.17) is 21.2 Å². The summed E-state index contributed by atoms with van der Waals surface area (Å²) in [5.74, 6) is -0.755. The largest absolute Gasteiger partial charge is 0.393 e. The molecule has 1 aromatic carbocycles. The first-order valence-corrected chi connectivity index (χ1v) is 8.49. The molecule has 0 radical (unpaired) electrons. The summed E-state index contributed by atoms with van der Waals surface area (Å²) in [6, 6.07) is 4.64. The van der Waals surface area contributed by atoms with E-state index in [1.807, 2.05) is 0 Å². The molecule has 1 aromatic rings. The summed E-state index contributed by atoms with van der Waals surface area (Å²) in [4.78, 5) is 19.5. The van der Waals surface area contributed by atoms with Crippen LogP contribution in [0.15, 0.2) is 23.4 Å². The first-order chi connectivity index (χ1) is 12.0. The molecular weight excluding hydrogens is 351 g/mol. The van der Waals surface area contributed by atoms with E-state index in [-0.39, 0.29) is 29.5 Å². The van der Waals surface area contributed by atoms with Gasteiger partial charge in [-0.15, -0.1) is 0 Å². The van der Waals surface area contributed by atoms with Gasteiger partial charge < -0.3 is 19.6 Å². The molecule has 1 amide bonds. The summed E-state index contributed by atoms with van der Waals surface area (Å²) < 4.78 is 19.5. The van der Waals surface area contributed by atoms with Crippen LogP contribution in [0.4, 0.5) is 4.39 Å². The van der Waals surface area contributed by atoms with Crippen LogP contribution in [0, 0.1) is 5.82 Å². The molecule has 136 valence electrons. The maximum Gasteiger partial charge on any atom is 0.266 e. The topological polar surface area (TPSA) is 71.4 Å². The van der Waals surface area contributed by atoms with Crippen LogP contribution in [0.2, 0.25) is 5.02 Å². The van der Waals surface area contributed by atoms with Crippen molar-refractivity contribution in [2.45, 2.75) is 31.0 Å². The average Bonchev–Trinajstić information content (AvgIpc) is 3.13. The van der Waals surface area contributed by atoms with Crippen molar-refractivity contribution >= 4 is 23.2 Å². The van der Waals surface area contributed by atoms with Crippen molar-refractivity contribution in [1.82, 2.24) is 4.90 Å². The van der Waals surface area contributed by atoms with E-state index >= 15 is 0 Å². The number of oxime groups is 1. The monoisotopic (exact) mass is 370 g/mol. The lowest BCUT2D eigenvalue weighted by molar-refractivity contribution is -0.149. The molecule has 0 saturated carbocycles. The average molecular weight is 371 g/mol. The molecule has 1 unspecified atom stereocenters. The molecule has 1 saturated heterocycles. The first kappa shape index (κ1) is 18.1. The lowest BCUT2D eigenvalue weighted by atomic mass is 9.91. The minimum Gasteiger partial charge on any atom is -0.393 e. The molecular formula is C17H20ClFN2O4. The Balaban J connectivity index is 1.62. The molecule has 2 aliphatic rings. The van der Waals surface area contributed by atoms with Crippen molar-refractivity contribution in [3.63, 3.8) is 0 Å². The van der Waals surface area contributed by atoms with Gasteiger partial charge in [0.05, 0.1) is 22.9 Å². The molecule has 0 aliphatic carbocycles. The lowest BCUT2D eigenvalue weighted by Crippen LogP contribution is -2.51. The molecule has 0 bridgehead atoms. The number of benzene rings is 1. The molecule has 1 N–H and O–H groups in total.